The van der Waals surface area contributed by atoms with Crippen LogP contribution in [0.1, 0.15) is 54.5 Å². The molecule has 0 aliphatic rings. The molecule has 2 aromatic carbocycles. The van der Waals surface area contributed by atoms with Crippen molar-refractivity contribution in [2.24, 2.45) is 0 Å². The molecule has 0 heterocycles. The third-order valence-corrected chi connectivity index (χ3v) is 6.15. The number of allylic oxidation sites excluding steroid dienone is 2. The number of hydrogen-bond donors (Lipinski definition) is 0. The van der Waals surface area contributed by atoms with Gasteiger partial charge in [-0.05, 0) is 83.0 Å². The second kappa shape index (κ2) is 10.7. The van der Waals surface area contributed by atoms with E-state index >= 15 is 0 Å². The molecule has 3 heteroatoms. The smallest absolute Gasteiger partial charge is 0.132 e. The van der Waals surface area contributed by atoms with Crippen molar-refractivity contribution >= 4 is 34.7 Å². The van der Waals surface area contributed by atoms with Gasteiger partial charge in [0, 0.05) is 24.3 Å². The highest BCUT2D eigenvalue weighted by Gasteiger charge is 2.08. The summed E-state index contributed by atoms with van der Waals surface area (Å²) in [6.45, 7) is 12.6. The molecule has 148 valence electrons. The highest BCUT2D eigenvalue weighted by molar-refractivity contribution is 8.05. The van der Waals surface area contributed by atoms with Gasteiger partial charge in [-0.25, -0.2) is 0 Å². The average molecular weight is 413 g/mol. The normalized spacial score (nSPS) is 11.5. The van der Waals surface area contributed by atoms with Crippen LogP contribution in [0.15, 0.2) is 53.3 Å². The van der Waals surface area contributed by atoms with Crippen LogP contribution in [0.2, 0.25) is 5.02 Å². The van der Waals surface area contributed by atoms with Crippen LogP contribution < -0.4 is 0 Å². The van der Waals surface area contributed by atoms with Crippen molar-refractivity contribution in [3.63, 3.8) is 0 Å². The number of halogens is 1. The molecule has 0 atom stereocenters. The van der Waals surface area contributed by atoms with E-state index in [4.69, 9.17) is 11.6 Å². The summed E-state index contributed by atoms with van der Waals surface area (Å²) in [7, 11) is 0. The Morgan fingerprint density at radius 3 is 2.36 bits per heavy atom. The van der Waals surface area contributed by atoms with Crippen molar-refractivity contribution in [1.29, 1.82) is 0 Å². The third-order valence-electron chi connectivity index (χ3n) is 4.95. The summed E-state index contributed by atoms with van der Waals surface area (Å²) in [5.74, 6) is 0.328. The summed E-state index contributed by atoms with van der Waals surface area (Å²) < 4.78 is 0. The van der Waals surface area contributed by atoms with Crippen LogP contribution in [-0.2, 0) is 17.6 Å². The molecule has 2 aromatic rings. The molecule has 0 aromatic heterocycles. The first kappa shape index (κ1) is 22.5. The van der Waals surface area contributed by atoms with Gasteiger partial charge in [0.1, 0.15) is 5.78 Å². The second-order valence-electron chi connectivity index (χ2n) is 7.24. The maximum atomic E-state index is 11.6. The number of hydrogen-bond acceptors (Lipinski definition) is 2. The Balaban J connectivity index is 2.01. The summed E-state index contributed by atoms with van der Waals surface area (Å²) in [6, 6.07) is 12.4. The summed E-state index contributed by atoms with van der Waals surface area (Å²) in [4.78, 5) is 12.7. The van der Waals surface area contributed by atoms with Crippen LogP contribution in [0, 0.1) is 13.8 Å². The lowest BCUT2D eigenvalue weighted by atomic mass is 9.95. The highest BCUT2D eigenvalue weighted by atomic mass is 35.5. The van der Waals surface area contributed by atoms with Gasteiger partial charge in [0.25, 0.3) is 0 Å². The Morgan fingerprint density at radius 2 is 1.71 bits per heavy atom. The fourth-order valence-electron chi connectivity index (χ4n) is 3.05. The largest absolute Gasteiger partial charge is 0.300 e. The van der Waals surface area contributed by atoms with Crippen LogP contribution >= 0.6 is 23.4 Å². The minimum atomic E-state index is 0.328. The summed E-state index contributed by atoms with van der Waals surface area (Å²) in [6.07, 6.45) is 2.93. The average Bonchev–Trinajstić information content (AvgIpc) is 2.67. The zero-order valence-corrected chi connectivity index (χ0v) is 18.8. The summed E-state index contributed by atoms with van der Waals surface area (Å²) >= 11 is 7.64. The fourth-order valence-corrected chi connectivity index (χ4v) is 3.90. The molecule has 0 aliphatic heterocycles. The zero-order valence-electron chi connectivity index (χ0n) is 17.3. The van der Waals surface area contributed by atoms with E-state index < -0.39 is 0 Å². The Morgan fingerprint density at radius 1 is 1.11 bits per heavy atom. The molecule has 0 unspecified atom stereocenters. The number of carbonyl (C=O) groups excluding carboxylic acids is 1. The Labute approximate surface area is 178 Å². The molecule has 0 fully saturated rings. The summed E-state index contributed by atoms with van der Waals surface area (Å²) in [5, 5.41) is 2.90. The minimum absolute atomic E-state index is 0.328. The van der Waals surface area contributed by atoms with Gasteiger partial charge in [0.05, 0.1) is 0 Å². The van der Waals surface area contributed by atoms with E-state index in [0.717, 1.165) is 22.8 Å². The molecule has 0 N–H and O–H groups in total. The Kier molecular flexibility index (Phi) is 8.59. The van der Waals surface area contributed by atoms with Crippen LogP contribution in [-0.4, -0.2) is 5.78 Å². The SMILES string of the molecule is C=C(Cc1cc(C)c(CCC(=O)CC)cc1C)S/C=C(\C)c1ccc(Cl)cc1. The van der Waals surface area contributed by atoms with E-state index in [2.05, 4.69) is 44.9 Å². The van der Waals surface area contributed by atoms with Crippen LogP contribution in [0.5, 0.6) is 0 Å². The number of aryl methyl sites for hydroxylation is 3. The van der Waals surface area contributed by atoms with E-state index in [1.807, 2.05) is 31.2 Å². The predicted octanol–water partition coefficient (Wildman–Crippen LogP) is 7.72. The quantitative estimate of drug-likeness (QED) is 0.419. The van der Waals surface area contributed by atoms with Gasteiger partial charge in [0.2, 0.25) is 0 Å². The number of ketones is 1. The number of rotatable bonds is 9. The first-order valence-corrected chi connectivity index (χ1v) is 10.9. The first-order valence-electron chi connectivity index (χ1n) is 9.68. The molecular weight excluding hydrogens is 384 g/mol. The van der Waals surface area contributed by atoms with Crippen LogP contribution in [0.3, 0.4) is 0 Å². The summed E-state index contributed by atoms with van der Waals surface area (Å²) in [5.41, 5.74) is 7.48. The van der Waals surface area contributed by atoms with Crippen LogP contribution in [0.25, 0.3) is 5.57 Å². The monoisotopic (exact) mass is 412 g/mol. The molecule has 0 saturated heterocycles. The lowest BCUT2D eigenvalue weighted by Gasteiger charge is -2.13. The van der Waals surface area contributed by atoms with Crippen molar-refractivity contribution < 1.29 is 4.79 Å². The number of thioether (sulfide) groups is 1. The highest BCUT2D eigenvalue weighted by Crippen LogP contribution is 2.28. The molecule has 2 rings (SSSR count). The van der Waals surface area contributed by atoms with Crippen molar-refractivity contribution in [3.8, 4) is 0 Å². The molecule has 1 nitrogen and oxygen atoms in total. The number of benzene rings is 2. The van der Waals surface area contributed by atoms with Crippen molar-refractivity contribution in [1.82, 2.24) is 0 Å². The molecule has 0 radical (unpaired) electrons. The maximum absolute atomic E-state index is 11.6. The first-order chi connectivity index (χ1) is 13.3. The third kappa shape index (κ3) is 6.68. The zero-order chi connectivity index (χ0) is 20.7. The number of Topliss-reactive ketones (excluding diaryl/α,β-unsaturated/α-hetero) is 1. The van der Waals surface area contributed by atoms with Gasteiger partial charge in [-0.15, -0.1) is 11.8 Å². The lowest BCUT2D eigenvalue weighted by molar-refractivity contribution is -0.118. The van der Waals surface area contributed by atoms with Gasteiger partial charge in [-0.3, -0.25) is 4.79 Å². The molecule has 0 bridgehead atoms. The van der Waals surface area contributed by atoms with Gasteiger partial charge in [-0.2, -0.15) is 0 Å². The van der Waals surface area contributed by atoms with Crippen LogP contribution in [0.4, 0.5) is 0 Å². The molecule has 0 aliphatic carbocycles. The van der Waals surface area contributed by atoms with Crippen molar-refractivity contribution in [3.05, 3.63) is 86.1 Å². The topological polar surface area (TPSA) is 17.1 Å². The molecule has 0 spiro atoms. The fraction of sp³-hybridized carbons (Fsp3) is 0.320. The molecule has 28 heavy (non-hydrogen) atoms. The van der Waals surface area contributed by atoms with Gasteiger partial charge in [0.15, 0.2) is 0 Å². The lowest BCUT2D eigenvalue weighted by Crippen LogP contribution is -2.01. The molecule has 0 saturated carbocycles. The molecular formula is C25H29ClOS. The Hall–Kier alpha value is -1.77. The van der Waals surface area contributed by atoms with E-state index in [9.17, 15) is 4.79 Å². The van der Waals surface area contributed by atoms with Gasteiger partial charge < -0.3 is 0 Å². The van der Waals surface area contributed by atoms with Gasteiger partial charge in [-0.1, -0.05) is 49.4 Å². The van der Waals surface area contributed by atoms with E-state index in [1.165, 1.54) is 33.4 Å². The molecule has 0 amide bonds. The standard InChI is InChI=1S/C25H29ClOS/c1-6-25(27)12-9-22-13-18(3)23(14-17(22)2)15-20(5)28-16-19(4)21-7-10-24(26)11-8-21/h7-8,10-11,13-14,16H,5-6,9,12,15H2,1-4H3/b19-16+. The van der Waals surface area contributed by atoms with Crippen molar-refractivity contribution in [2.45, 2.75) is 53.4 Å². The number of carbonyl (C=O) groups is 1. The van der Waals surface area contributed by atoms with E-state index in [1.54, 1.807) is 11.8 Å². The minimum Gasteiger partial charge on any atom is -0.300 e. The predicted molar refractivity (Wildman–Crippen MR) is 125 cm³/mol. The van der Waals surface area contributed by atoms with E-state index in [0.29, 0.717) is 18.6 Å². The Bertz CT molecular complexity index is 878. The maximum Gasteiger partial charge on any atom is 0.132 e. The van der Waals surface area contributed by atoms with E-state index in [-0.39, 0.29) is 0 Å². The van der Waals surface area contributed by atoms with Gasteiger partial charge >= 0.3 is 0 Å². The van der Waals surface area contributed by atoms with Crippen molar-refractivity contribution in [2.75, 3.05) is 0 Å². The second-order valence-corrected chi connectivity index (χ2v) is 8.72.